The van der Waals surface area contributed by atoms with E-state index in [1.807, 2.05) is 32.1 Å². The first-order valence-electron chi connectivity index (χ1n) is 10.7. The van der Waals surface area contributed by atoms with Gasteiger partial charge in [-0.2, -0.15) is 12.6 Å². The Hall–Kier alpha value is -2.51. The number of nitrogens with two attached hydrogens (primary N) is 1. The summed E-state index contributed by atoms with van der Waals surface area (Å²) in [6, 6.07) is 0. The molecule has 0 aliphatic carbocycles. The van der Waals surface area contributed by atoms with Gasteiger partial charge in [0.25, 0.3) is 0 Å². The lowest BCUT2D eigenvalue weighted by Gasteiger charge is -2.13. The molecule has 0 saturated heterocycles. The number of ether oxygens (including phenoxy) is 1. The normalized spacial score (nSPS) is 15.0. The minimum Gasteiger partial charge on any atom is -0.478 e. The lowest BCUT2D eigenvalue weighted by Crippen LogP contribution is -2.21. The average Bonchev–Trinajstić information content (AvgIpc) is 2.75. The van der Waals surface area contributed by atoms with E-state index < -0.39 is 18.2 Å². The van der Waals surface area contributed by atoms with E-state index in [1.165, 1.54) is 6.08 Å². The summed E-state index contributed by atoms with van der Waals surface area (Å²) in [4.78, 5) is 33.5. The third-order valence-electron chi connectivity index (χ3n) is 4.43. The summed E-state index contributed by atoms with van der Waals surface area (Å²) < 4.78 is 5.00. The Morgan fingerprint density at radius 2 is 1.73 bits per heavy atom. The van der Waals surface area contributed by atoms with Gasteiger partial charge in [0.1, 0.15) is 11.9 Å². The molecular formula is C25H34ClNO5S. The van der Waals surface area contributed by atoms with Crippen molar-refractivity contribution < 1.29 is 24.2 Å². The highest BCUT2D eigenvalue weighted by Gasteiger charge is 2.12. The molecule has 0 bridgehead atoms. The molecule has 3 N–H and O–H groups in total. The lowest BCUT2D eigenvalue weighted by atomic mass is 9.99. The van der Waals surface area contributed by atoms with Crippen molar-refractivity contribution in [3.05, 3.63) is 71.4 Å². The Kier molecular flexibility index (Phi) is 17.6. The van der Waals surface area contributed by atoms with Crippen LogP contribution in [0.4, 0.5) is 4.79 Å². The summed E-state index contributed by atoms with van der Waals surface area (Å²) in [5, 5.41) is 9.18. The average molecular weight is 496 g/mol. The molecule has 0 radical (unpaired) electrons. The number of primary amides is 1. The van der Waals surface area contributed by atoms with Gasteiger partial charge in [-0.3, -0.25) is 4.79 Å². The second-order valence-corrected chi connectivity index (χ2v) is 8.16. The third kappa shape index (κ3) is 18.7. The largest absolute Gasteiger partial charge is 0.478 e. The molecule has 0 spiro atoms. The Morgan fingerprint density at radius 1 is 1.06 bits per heavy atom. The molecule has 0 aromatic rings. The number of carbonyl (C=O) groups excluding carboxylic acids is 2. The second-order valence-electron chi connectivity index (χ2n) is 7.36. The van der Waals surface area contributed by atoms with Gasteiger partial charge in [0, 0.05) is 29.7 Å². The van der Waals surface area contributed by atoms with E-state index in [0.717, 1.165) is 11.6 Å². The number of hydrogen-bond acceptors (Lipinski definition) is 5. The maximum Gasteiger partial charge on any atom is 0.405 e. The van der Waals surface area contributed by atoms with Crippen LogP contribution in [0.3, 0.4) is 0 Å². The minimum absolute atomic E-state index is 0.0515. The molecule has 2 unspecified atom stereocenters. The predicted molar refractivity (Wildman–Crippen MR) is 137 cm³/mol. The summed E-state index contributed by atoms with van der Waals surface area (Å²) in [6.45, 7) is 3.87. The van der Waals surface area contributed by atoms with Crippen LogP contribution < -0.4 is 5.73 Å². The molecule has 1 amide bonds. The number of hydrogen-bond donors (Lipinski definition) is 3. The molecule has 0 aromatic carbocycles. The monoisotopic (exact) mass is 495 g/mol. The Bertz CT molecular complexity index is 812. The second kappa shape index (κ2) is 19.0. The van der Waals surface area contributed by atoms with Gasteiger partial charge in [0.2, 0.25) is 0 Å². The summed E-state index contributed by atoms with van der Waals surface area (Å²) in [7, 11) is 0. The minimum atomic E-state index is -0.988. The molecule has 0 heterocycles. The fraction of sp³-hybridized carbons (Fsp3) is 0.400. The van der Waals surface area contributed by atoms with E-state index >= 15 is 0 Å². The van der Waals surface area contributed by atoms with Crippen LogP contribution >= 0.6 is 24.2 Å². The van der Waals surface area contributed by atoms with Gasteiger partial charge in [-0.05, 0) is 44.3 Å². The fourth-order valence-corrected chi connectivity index (χ4v) is 2.92. The fourth-order valence-electron chi connectivity index (χ4n) is 2.62. The number of carboxylic acid groups (broad SMARTS) is 1. The first-order chi connectivity index (χ1) is 15.6. The maximum absolute atomic E-state index is 12.2. The van der Waals surface area contributed by atoms with Crippen molar-refractivity contribution in [2.75, 3.05) is 5.75 Å². The van der Waals surface area contributed by atoms with Crippen molar-refractivity contribution >= 4 is 42.1 Å². The summed E-state index contributed by atoms with van der Waals surface area (Å²) in [5.74, 6) is -0.272. The molecule has 0 saturated carbocycles. The Morgan fingerprint density at radius 3 is 2.36 bits per heavy atom. The summed E-state index contributed by atoms with van der Waals surface area (Å²) in [6.07, 6.45) is 18.1. The van der Waals surface area contributed by atoms with Crippen molar-refractivity contribution in [3.63, 3.8) is 0 Å². The highest BCUT2D eigenvalue weighted by atomic mass is 35.5. The number of ketones is 1. The Balaban J connectivity index is 4.41. The van der Waals surface area contributed by atoms with Crippen LogP contribution in [0, 0.1) is 5.92 Å². The summed E-state index contributed by atoms with van der Waals surface area (Å²) in [5.41, 5.74) is 6.02. The zero-order valence-electron chi connectivity index (χ0n) is 19.2. The number of thiol groups is 1. The van der Waals surface area contributed by atoms with Crippen LogP contribution in [0.1, 0.15) is 46.0 Å². The number of rotatable bonds is 16. The van der Waals surface area contributed by atoms with E-state index in [4.69, 9.17) is 27.2 Å². The number of carbonyl (C=O) groups is 3. The van der Waals surface area contributed by atoms with Gasteiger partial charge >= 0.3 is 12.1 Å². The van der Waals surface area contributed by atoms with E-state index in [2.05, 4.69) is 12.6 Å². The molecule has 0 fully saturated rings. The molecular weight excluding hydrogens is 462 g/mol. The smallest absolute Gasteiger partial charge is 0.405 e. The topological polar surface area (TPSA) is 107 Å². The zero-order valence-corrected chi connectivity index (χ0v) is 20.8. The van der Waals surface area contributed by atoms with Crippen LogP contribution in [0.15, 0.2) is 71.4 Å². The quantitative estimate of drug-likeness (QED) is 0.107. The maximum atomic E-state index is 12.2. The van der Waals surface area contributed by atoms with Gasteiger partial charge in [-0.1, -0.05) is 66.6 Å². The molecule has 8 heteroatoms. The molecule has 0 rings (SSSR count). The van der Waals surface area contributed by atoms with Gasteiger partial charge in [-0.15, -0.1) is 0 Å². The highest BCUT2D eigenvalue weighted by Crippen LogP contribution is 2.21. The zero-order chi connectivity index (χ0) is 25.1. The third-order valence-corrected chi connectivity index (χ3v) is 5.14. The molecule has 0 aliphatic heterocycles. The first kappa shape index (κ1) is 30.5. The number of carboxylic acids is 1. The predicted octanol–water partition coefficient (Wildman–Crippen LogP) is 5.91. The summed E-state index contributed by atoms with van der Waals surface area (Å²) >= 11 is 10.4. The van der Waals surface area contributed by atoms with Crippen molar-refractivity contribution in [2.45, 2.75) is 52.1 Å². The molecule has 6 nitrogen and oxygen atoms in total. The van der Waals surface area contributed by atoms with Gasteiger partial charge in [0.05, 0.1) is 0 Å². The van der Waals surface area contributed by atoms with Gasteiger partial charge in [-0.25, -0.2) is 9.59 Å². The van der Waals surface area contributed by atoms with Crippen molar-refractivity contribution in [2.24, 2.45) is 11.7 Å². The van der Waals surface area contributed by atoms with Crippen LogP contribution in [0.25, 0.3) is 0 Å². The first-order valence-corrected chi connectivity index (χ1v) is 11.7. The highest BCUT2D eigenvalue weighted by molar-refractivity contribution is 7.80. The number of halogens is 1. The molecule has 2 atom stereocenters. The van der Waals surface area contributed by atoms with Crippen LogP contribution in [-0.2, 0) is 14.3 Å². The lowest BCUT2D eigenvalue weighted by molar-refractivity contribution is -0.131. The molecule has 33 heavy (non-hydrogen) atoms. The number of Topliss-reactive ketones (excluding diaryl/α,β-unsaturated/α-hetero) is 1. The van der Waals surface area contributed by atoms with Crippen LogP contribution in [0.5, 0.6) is 0 Å². The van der Waals surface area contributed by atoms with E-state index in [9.17, 15) is 14.4 Å². The Labute approximate surface area is 207 Å². The van der Waals surface area contributed by atoms with Gasteiger partial charge in [0.15, 0.2) is 0 Å². The van der Waals surface area contributed by atoms with Crippen LogP contribution in [-0.4, -0.2) is 34.8 Å². The van der Waals surface area contributed by atoms with Crippen molar-refractivity contribution in [1.29, 1.82) is 0 Å². The van der Waals surface area contributed by atoms with Crippen LogP contribution in [0.2, 0.25) is 0 Å². The van der Waals surface area contributed by atoms with E-state index in [0.29, 0.717) is 42.9 Å². The standard InChI is InChI=1S/C25H34ClNO5S/c1-19(10-4-6-15-24(29)30)9-3-5-14-23(26)20(2)16-17-21(28)11-7-12-22(13-8-18-33)32-25(27)31/h3-6,8-10,13-15,20,22,33H,7,11-12,16-18H2,1-2H3,(H2,27,31)(H,29,30)/b5-3+,10-4+,13-8+,15-6+,19-9+,23-14-. The number of amides is 1. The molecule has 0 aliphatic rings. The van der Waals surface area contributed by atoms with E-state index in [-0.39, 0.29) is 11.7 Å². The van der Waals surface area contributed by atoms with E-state index in [1.54, 1.807) is 30.4 Å². The number of allylic oxidation sites excluding steroid dienone is 9. The van der Waals surface area contributed by atoms with Gasteiger partial charge < -0.3 is 15.6 Å². The molecule has 182 valence electrons. The molecule has 0 aromatic heterocycles. The number of aliphatic carboxylic acids is 1. The van der Waals surface area contributed by atoms with Crippen molar-refractivity contribution in [3.8, 4) is 0 Å². The van der Waals surface area contributed by atoms with Crippen molar-refractivity contribution in [1.82, 2.24) is 0 Å². The SMILES string of the molecule is CC(/C=C/C=C/C(=O)O)=C\C=C\C=C(/Cl)C(C)CCC(=O)CCCC(/C=C/CS)OC(N)=O.